The number of carbonyl (C=O) groups excluding carboxylic acids is 2. The van der Waals surface area contributed by atoms with E-state index in [2.05, 4.69) is 34.5 Å². The molecule has 4 rings (SSSR count). The van der Waals surface area contributed by atoms with Crippen LogP contribution in [0.3, 0.4) is 0 Å². The van der Waals surface area contributed by atoms with Crippen molar-refractivity contribution >= 4 is 11.8 Å². The van der Waals surface area contributed by atoms with Crippen molar-refractivity contribution in [2.75, 3.05) is 45.9 Å². The topological polar surface area (TPSA) is 61.9 Å². The monoisotopic (exact) mass is 399 g/mol. The Kier molecular flexibility index (Phi) is 6.50. The second-order valence-corrected chi connectivity index (χ2v) is 8.83. The summed E-state index contributed by atoms with van der Waals surface area (Å²) < 4.78 is 5.68. The number of nitrogens with one attached hydrogen (secondary N) is 1. The van der Waals surface area contributed by atoms with Crippen molar-refractivity contribution in [3.8, 4) is 0 Å². The Morgan fingerprint density at radius 1 is 1.17 bits per heavy atom. The minimum absolute atomic E-state index is 0.00733. The van der Waals surface area contributed by atoms with E-state index in [1.165, 1.54) is 5.56 Å². The number of ether oxygens (including phenoxy) is 1. The summed E-state index contributed by atoms with van der Waals surface area (Å²) in [5, 5.41) is 3.29. The molecular weight excluding hydrogens is 366 g/mol. The fraction of sp³-hybridized carbons (Fsp3) is 0.652. The molecule has 0 aromatic heterocycles. The number of likely N-dealkylation sites (tertiary alicyclic amines) is 2. The van der Waals surface area contributed by atoms with Gasteiger partial charge in [-0.25, -0.2) is 0 Å². The molecule has 1 N–H and O–H groups in total. The van der Waals surface area contributed by atoms with Gasteiger partial charge in [0.05, 0.1) is 19.1 Å². The number of rotatable bonds is 5. The number of nitrogens with zero attached hydrogens (tertiary/aromatic N) is 2. The molecule has 3 aliphatic heterocycles. The van der Waals surface area contributed by atoms with Gasteiger partial charge in [0.1, 0.15) is 0 Å². The summed E-state index contributed by atoms with van der Waals surface area (Å²) in [5.41, 5.74) is 1.46. The first-order chi connectivity index (χ1) is 14.1. The molecule has 2 amide bonds. The third kappa shape index (κ3) is 5.17. The summed E-state index contributed by atoms with van der Waals surface area (Å²) in [6.07, 6.45) is 4.99. The molecule has 0 bridgehead atoms. The van der Waals surface area contributed by atoms with Crippen LogP contribution in [-0.4, -0.2) is 73.6 Å². The van der Waals surface area contributed by atoms with E-state index in [1.807, 2.05) is 11.0 Å². The van der Waals surface area contributed by atoms with Gasteiger partial charge in [-0.3, -0.25) is 9.59 Å². The predicted octanol–water partition coefficient (Wildman–Crippen LogP) is 1.84. The lowest BCUT2D eigenvalue weighted by Crippen LogP contribution is -2.53. The van der Waals surface area contributed by atoms with Crippen LogP contribution in [0.2, 0.25) is 0 Å². The molecule has 0 saturated carbocycles. The van der Waals surface area contributed by atoms with Crippen molar-refractivity contribution in [1.29, 1.82) is 0 Å². The highest BCUT2D eigenvalue weighted by Crippen LogP contribution is 2.40. The van der Waals surface area contributed by atoms with Crippen LogP contribution in [-0.2, 0) is 20.7 Å². The summed E-state index contributed by atoms with van der Waals surface area (Å²) in [7, 11) is 0. The Hall–Kier alpha value is -1.92. The molecule has 0 unspecified atom stereocenters. The van der Waals surface area contributed by atoms with Gasteiger partial charge in [-0.1, -0.05) is 30.3 Å². The second kappa shape index (κ2) is 9.26. The zero-order valence-corrected chi connectivity index (χ0v) is 17.3. The first kappa shape index (κ1) is 20.4. The average Bonchev–Trinajstić information content (AvgIpc) is 2.76. The standard InChI is InChI=1S/C23H33N3O3/c27-21-6-8-23(18-26(21)12-7-19-4-2-1-3-5-19)9-13-25(14-10-23)22(28)16-20-17-24-11-15-29-20/h1-5,20,24H,6-18H2/t20-/m0/s1. The smallest absolute Gasteiger partial charge is 0.225 e. The lowest BCUT2D eigenvalue weighted by atomic mass is 9.72. The van der Waals surface area contributed by atoms with Crippen LogP contribution in [0.25, 0.3) is 0 Å². The second-order valence-electron chi connectivity index (χ2n) is 8.83. The summed E-state index contributed by atoms with van der Waals surface area (Å²) in [4.78, 5) is 29.2. The predicted molar refractivity (Wildman–Crippen MR) is 111 cm³/mol. The highest BCUT2D eigenvalue weighted by atomic mass is 16.5. The van der Waals surface area contributed by atoms with E-state index < -0.39 is 0 Å². The molecule has 158 valence electrons. The largest absolute Gasteiger partial charge is 0.375 e. The Morgan fingerprint density at radius 3 is 2.69 bits per heavy atom. The maximum absolute atomic E-state index is 12.7. The van der Waals surface area contributed by atoms with E-state index in [0.717, 1.165) is 65.0 Å². The van der Waals surface area contributed by atoms with Crippen LogP contribution >= 0.6 is 0 Å². The maximum atomic E-state index is 12.7. The highest BCUT2D eigenvalue weighted by molar-refractivity contribution is 5.78. The van der Waals surface area contributed by atoms with Crippen LogP contribution < -0.4 is 5.32 Å². The van der Waals surface area contributed by atoms with Crippen LogP contribution in [0, 0.1) is 5.41 Å². The summed E-state index contributed by atoms with van der Waals surface area (Å²) >= 11 is 0. The Morgan fingerprint density at radius 2 is 1.97 bits per heavy atom. The zero-order chi connectivity index (χ0) is 20.1. The van der Waals surface area contributed by atoms with Crippen molar-refractivity contribution in [3.63, 3.8) is 0 Å². The SMILES string of the molecule is O=C(C[C@H]1CNCCO1)N1CCC2(CCC(=O)N(CCc3ccccc3)C2)CC1. The molecular formula is C23H33N3O3. The number of piperidine rings is 2. The molecule has 1 aromatic rings. The molecule has 1 spiro atoms. The van der Waals surface area contributed by atoms with Crippen LogP contribution in [0.15, 0.2) is 30.3 Å². The van der Waals surface area contributed by atoms with Crippen molar-refractivity contribution in [1.82, 2.24) is 15.1 Å². The molecule has 3 saturated heterocycles. The Labute approximate surface area is 173 Å². The van der Waals surface area contributed by atoms with E-state index in [4.69, 9.17) is 4.74 Å². The molecule has 6 heteroatoms. The molecule has 1 atom stereocenters. The summed E-state index contributed by atoms with van der Waals surface area (Å²) in [6, 6.07) is 10.4. The molecule has 0 radical (unpaired) electrons. The van der Waals surface area contributed by atoms with Crippen molar-refractivity contribution < 1.29 is 14.3 Å². The van der Waals surface area contributed by atoms with E-state index in [-0.39, 0.29) is 23.3 Å². The van der Waals surface area contributed by atoms with Gasteiger partial charge in [0.25, 0.3) is 0 Å². The van der Waals surface area contributed by atoms with Crippen LogP contribution in [0.4, 0.5) is 0 Å². The van der Waals surface area contributed by atoms with Gasteiger partial charge in [-0.15, -0.1) is 0 Å². The fourth-order valence-corrected chi connectivity index (χ4v) is 4.93. The van der Waals surface area contributed by atoms with Crippen molar-refractivity contribution in [2.45, 2.75) is 44.6 Å². The Balaban J connectivity index is 1.27. The first-order valence-corrected chi connectivity index (χ1v) is 11.1. The number of benzene rings is 1. The normalized spacial score (nSPS) is 24.7. The van der Waals surface area contributed by atoms with Gasteiger partial charge in [-0.05, 0) is 36.7 Å². The number of hydrogen-bond acceptors (Lipinski definition) is 4. The highest BCUT2D eigenvalue weighted by Gasteiger charge is 2.41. The van der Waals surface area contributed by atoms with Gasteiger partial charge >= 0.3 is 0 Å². The Bertz CT molecular complexity index is 695. The molecule has 1 aromatic carbocycles. The number of morpholine rings is 1. The summed E-state index contributed by atoms with van der Waals surface area (Å²) in [5.74, 6) is 0.494. The molecule has 0 aliphatic carbocycles. The third-order valence-electron chi connectivity index (χ3n) is 6.84. The minimum Gasteiger partial charge on any atom is -0.375 e. The molecule has 6 nitrogen and oxygen atoms in total. The van der Waals surface area contributed by atoms with Crippen LogP contribution in [0.5, 0.6) is 0 Å². The van der Waals surface area contributed by atoms with E-state index in [9.17, 15) is 9.59 Å². The maximum Gasteiger partial charge on any atom is 0.225 e. The minimum atomic E-state index is 0.00733. The fourth-order valence-electron chi connectivity index (χ4n) is 4.93. The van der Waals surface area contributed by atoms with E-state index in [1.54, 1.807) is 0 Å². The van der Waals surface area contributed by atoms with Crippen molar-refractivity contribution in [2.24, 2.45) is 5.41 Å². The van der Waals surface area contributed by atoms with Gasteiger partial charge in [-0.2, -0.15) is 0 Å². The quantitative estimate of drug-likeness (QED) is 0.821. The number of hydrogen-bond donors (Lipinski definition) is 1. The molecule has 3 fully saturated rings. The molecule has 3 heterocycles. The van der Waals surface area contributed by atoms with Crippen LogP contribution in [0.1, 0.15) is 37.7 Å². The van der Waals surface area contributed by atoms with E-state index in [0.29, 0.717) is 19.4 Å². The lowest BCUT2D eigenvalue weighted by Gasteiger charge is -2.47. The molecule has 3 aliphatic rings. The average molecular weight is 400 g/mol. The summed E-state index contributed by atoms with van der Waals surface area (Å²) in [6.45, 7) is 5.57. The number of carbonyl (C=O) groups is 2. The van der Waals surface area contributed by atoms with Gasteiger partial charge < -0.3 is 19.9 Å². The number of amides is 2. The molecule has 29 heavy (non-hydrogen) atoms. The van der Waals surface area contributed by atoms with Gasteiger partial charge in [0.15, 0.2) is 0 Å². The van der Waals surface area contributed by atoms with Gasteiger partial charge in [0.2, 0.25) is 11.8 Å². The third-order valence-corrected chi connectivity index (χ3v) is 6.84. The van der Waals surface area contributed by atoms with E-state index >= 15 is 0 Å². The first-order valence-electron chi connectivity index (χ1n) is 11.1. The van der Waals surface area contributed by atoms with Crippen molar-refractivity contribution in [3.05, 3.63) is 35.9 Å². The van der Waals surface area contributed by atoms with Gasteiger partial charge in [0, 0.05) is 45.7 Å². The zero-order valence-electron chi connectivity index (χ0n) is 17.3. The lowest BCUT2D eigenvalue weighted by molar-refractivity contribution is -0.143.